The van der Waals surface area contributed by atoms with Gasteiger partial charge in [0.2, 0.25) is 0 Å². The zero-order chi connectivity index (χ0) is 13.7. The van der Waals surface area contributed by atoms with Crippen LogP contribution in [0, 0.1) is 0 Å². The number of nitrogens with one attached hydrogen (secondary N) is 1. The van der Waals surface area contributed by atoms with Crippen LogP contribution in [0.2, 0.25) is 0 Å². The molecule has 2 heterocycles. The number of rotatable bonds is 5. The summed E-state index contributed by atoms with van der Waals surface area (Å²) in [6.07, 6.45) is 6.39. The fourth-order valence-corrected chi connectivity index (χ4v) is 2.52. The maximum absolute atomic E-state index is 5.85. The highest BCUT2D eigenvalue weighted by molar-refractivity contribution is 5.68. The van der Waals surface area contributed by atoms with Gasteiger partial charge < -0.3 is 9.73 Å². The summed E-state index contributed by atoms with van der Waals surface area (Å²) < 4.78 is 5.85. The largest absolute Gasteiger partial charge is 0.460 e. The highest BCUT2D eigenvalue weighted by Crippen LogP contribution is 2.20. The Morgan fingerprint density at radius 1 is 1.47 bits per heavy atom. The average Bonchev–Trinajstić information content (AvgIpc) is 2.88. The van der Waals surface area contributed by atoms with Crippen molar-refractivity contribution in [1.29, 1.82) is 0 Å². The van der Waals surface area contributed by atoms with Gasteiger partial charge in [0.05, 0.1) is 6.54 Å². The van der Waals surface area contributed by atoms with Crippen molar-refractivity contribution in [2.75, 3.05) is 20.1 Å². The molecule has 3 nitrogen and oxygen atoms in total. The molecule has 1 aliphatic rings. The number of furan rings is 1. The summed E-state index contributed by atoms with van der Waals surface area (Å²) in [4.78, 5) is 2.45. The van der Waals surface area contributed by atoms with E-state index in [4.69, 9.17) is 4.42 Å². The summed E-state index contributed by atoms with van der Waals surface area (Å²) in [5.74, 6) is 1.90. The molecular weight excluding hydrogens is 236 g/mol. The number of hydrogen-bond acceptors (Lipinski definition) is 3. The monoisotopic (exact) mass is 260 g/mol. The smallest absolute Gasteiger partial charge is 0.133 e. The number of nitrogens with zero attached hydrogens (tertiary/aromatic N) is 1. The third kappa shape index (κ3) is 3.82. The lowest BCUT2D eigenvalue weighted by molar-refractivity contribution is 0.182. The zero-order valence-electron chi connectivity index (χ0n) is 12.0. The normalized spacial score (nSPS) is 18.2. The molecule has 0 spiro atoms. The maximum atomic E-state index is 5.85. The predicted octanol–water partition coefficient (Wildman–Crippen LogP) is 3.05. The van der Waals surface area contributed by atoms with Gasteiger partial charge in [-0.25, -0.2) is 0 Å². The molecule has 19 heavy (non-hydrogen) atoms. The molecule has 3 heteroatoms. The second kappa shape index (κ2) is 6.73. The Balaban J connectivity index is 1.88. The number of allylic oxidation sites excluding steroid dienone is 3. The minimum atomic E-state index is 0.679. The van der Waals surface area contributed by atoms with E-state index in [1.54, 1.807) is 0 Å². The molecular formula is C16H24N2O. The highest BCUT2D eigenvalue weighted by atomic mass is 16.3. The first-order valence-corrected chi connectivity index (χ1v) is 7.03. The minimum Gasteiger partial charge on any atom is -0.460 e. The van der Waals surface area contributed by atoms with Crippen molar-refractivity contribution in [3.05, 3.63) is 42.4 Å². The second-order valence-electron chi connectivity index (χ2n) is 5.13. The molecule has 0 amide bonds. The maximum Gasteiger partial charge on any atom is 0.133 e. The van der Waals surface area contributed by atoms with Crippen LogP contribution in [0.5, 0.6) is 0 Å². The van der Waals surface area contributed by atoms with E-state index in [-0.39, 0.29) is 0 Å². The molecule has 0 aromatic carbocycles. The molecule has 0 radical (unpaired) electrons. The van der Waals surface area contributed by atoms with Crippen LogP contribution in [-0.2, 0) is 6.54 Å². The van der Waals surface area contributed by atoms with Crippen molar-refractivity contribution in [2.24, 2.45) is 0 Å². The topological polar surface area (TPSA) is 28.4 Å². The van der Waals surface area contributed by atoms with Crippen LogP contribution in [0.1, 0.15) is 31.3 Å². The highest BCUT2D eigenvalue weighted by Gasteiger charge is 2.18. The van der Waals surface area contributed by atoms with Gasteiger partial charge in [-0.15, -0.1) is 0 Å². The van der Waals surface area contributed by atoms with Crippen molar-refractivity contribution in [2.45, 2.75) is 32.4 Å². The van der Waals surface area contributed by atoms with Gasteiger partial charge in [0, 0.05) is 24.7 Å². The van der Waals surface area contributed by atoms with Gasteiger partial charge in [-0.2, -0.15) is 0 Å². The fraction of sp³-hybridized carbons (Fsp3) is 0.500. The standard InChI is InChI=1S/C16H24N2O/c1-4-5-13(2)16-7-6-15(19-16)12-18-10-8-14(17-3)9-11-18/h4-7,14,17H,2,8-12H2,1,3H3/b5-4-. The summed E-state index contributed by atoms with van der Waals surface area (Å²) in [7, 11) is 2.05. The molecule has 0 atom stereocenters. The Labute approximate surface area is 116 Å². The summed E-state index contributed by atoms with van der Waals surface area (Å²) >= 11 is 0. The third-order valence-electron chi connectivity index (χ3n) is 3.72. The van der Waals surface area contributed by atoms with Crippen molar-refractivity contribution in [1.82, 2.24) is 10.2 Å². The van der Waals surface area contributed by atoms with Crippen LogP contribution in [0.15, 0.2) is 35.3 Å². The van der Waals surface area contributed by atoms with Gasteiger partial charge in [0.15, 0.2) is 0 Å². The molecule has 0 bridgehead atoms. The van der Waals surface area contributed by atoms with E-state index in [0.29, 0.717) is 6.04 Å². The second-order valence-corrected chi connectivity index (χ2v) is 5.13. The lowest BCUT2D eigenvalue weighted by Crippen LogP contribution is -2.40. The summed E-state index contributed by atoms with van der Waals surface area (Å²) in [5, 5.41) is 3.35. The molecule has 0 saturated carbocycles. The molecule has 1 aromatic rings. The molecule has 1 N–H and O–H groups in total. The van der Waals surface area contributed by atoms with E-state index < -0.39 is 0 Å². The van der Waals surface area contributed by atoms with Crippen molar-refractivity contribution in [3.63, 3.8) is 0 Å². The fourth-order valence-electron chi connectivity index (χ4n) is 2.52. The zero-order valence-corrected chi connectivity index (χ0v) is 12.0. The molecule has 1 aliphatic heterocycles. The van der Waals surface area contributed by atoms with Crippen molar-refractivity contribution < 1.29 is 4.42 Å². The SMILES string of the molecule is C=C(/C=C\C)c1ccc(CN2CCC(NC)CC2)o1. The van der Waals surface area contributed by atoms with Crippen LogP contribution >= 0.6 is 0 Å². The Hall–Kier alpha value is -1.32. The van der Waals surface area contributed by atoms with E-state index in [1.165, 1.54) is 12.8 Å². The van der Waals surface area contributed by atoms with Gasteiger partial charge in [0.25, 0.3) is 0 Å². The van der Waals surface area contributed by atoms with Crippen LogP contribution in [0.25, 0.3) is 5.57 Å². The molecule has 104 valence electrons. The molecule has 1 saturated heterocycles. The predicted molar refractivity (Wildman–Crippen MR) is 79.9 cm³/mol. The number of likely N-dealkylation sites (tertiary alicyclic amines) is 1. The first-order chi connectivity index (χ1) is 9.22. The van der Waals surface area contributed by atoms with Crippen LogP contribution in [-0.4, -0.2) is 31.1 Å². The van der Waals surface area contributed by atoms with Gasteiger partial charge in [-0.05, 0) is 38.9 Å². The number of piperidine rings is 1. The Morgan fingerprint density at radius 3 is 2.84 bits per heavy atom. The van der Waals surface area contributed by atoms with Crippen molar-refractivity contribution in [3.8, 4) is 0 Å². The minimum absolute atomic E-state index is 0.679. The van der Waals surface area contributed by atoms with Crippen LogP contribution in [0.3, 0.4) is 0 Å². The molecule has 1 aromatic heterocycles. The van der Waals surface area contributed by atoms with E-state index in [1.807, 2.05) is 32.2 Å². The Morgan fingerprint density at radius 2 is 2.21 bits per heavy atom. The summed E-state index contributed by atoms with van der Waals surface area (Å²) in [6.45, 7) is 9.16. The van der Waals surface area contributed by atoms with E-state index in [9.17, 15) is 0 Å². The van der Waals surface area contributed by atoms with Gasteiger partial charge in [-0.1, -0.05) is 18.7 Å². The lowest BCUT2D eigenvalue weighted by Gasteiger charge is -2.31. The first-order valence-electron chi connectivity index (χ1n) is 7.03. The van der Waals surface area contributed by atoms with E-state index in [2.05, 4.69) is 22.9 Å². The molecule has 2 rings (SSSR count). The van der Waals surface area contributed by atoms with Gasteiger partial charge in [0.1, 0.15) is 11.5 Å². The van der Waals surface area contributed by atoms with E-state index in [0.717, 1.165) is 36.7 Å². The average molecular weight is 260 g/mol. The summed E-state index contributed by atoms with van der Waals surface area (Å²) in [5.41, 5.74) is 0.933. The van der Waals surface area contributed by atoms with Crippen molar-refractivity contribution >= 4 is 5.57 Å². The number of hydrogen-bond donors (Lipinski definition) is 1. The Kier molecular flexibility index (Phi) is 5.00. The lowest BCUT2D eigenvalue weighted by atomic mass is 10.1. The summed E-state index contributed by atoms with van der Waals surface area (Å²) in [6, 6.07) is 4.75. The molecule has 1 fully saturated rings. The molecule has 0 aliphatic carbocycles. The van der Waals surface area contributed by atoms with E-state index >= 15 is 0 Å². The van der Waals surface area contributed by atoms with Gasteiger partial charge >= 0.3 is 0 Å². The van der Waals surface area contributed by atoms with Crippen LogP contribution < -0.4 is 5.32 Å². The van der Waals surface area contributed by atoms with Gasteiger partial charge in [-0.3, -0.25) is 4.90 Å². The molecule has 0 unspecified atom stereocenters. The van der Waals surface area contributed by atoms with Crippen LogP contribution in [0.4, 0.5) is 0 Å². The first kappa shape index (κ1) is 14.1. The third-order valence-corrected chi connectivity index (χ3v) is 3.72. The quantitative estimate of drug-likeness (QED) is 0.825. The Bertz CT molecular complexity index is 439.